The van der Waals surface area contributed by atoms with Gasteiger partial charge in [0.15, 0.2) is 5.76 Å². The molecule has 0 bridgehead atoms. The molecule has 0 saturated heterocycles. The lowest BCUT2D eigenvalue weighted by molar-refractivity contribution is 0.546. The van der Waals surface area contributed by atoms with Crippen molar-refractivity contribution in [1.29, 1.82) is 5.26 Å². The van der Waals surface area contributed by atoms with Crippen LogP contribution in [-0.2, 0) is 0 Å². The summed E-state index contributed by atoms with van der Waals surface area (Å²) in [5.74, 6) is 2.14. The fourth-order valence-electron chi connectivity index (χ4n) is 1.56. The third-order valence-electron chi connectivity index (χ3n) is 2.50. The molecule has 4 heteroatoms. The van der Waals surface area contributed by atoms with Crippen LogP contribution in [-0.4, -0.2) is 9.97 Å². The Morgan fingerprint density at radius 1 is 1.56 bits per heavy atom. The van der Waals surface area contributed by atoms with Crippen LogP contribution in [0.3, 0.4) is 0 Å². The predicted octanol–water partition coefficient (Wildman–Crippen LogP) is 3.00. The van der Waals surface area contributed by atoms with Gasteiger partial charge >= 0.3 is 0 Å². The highest BCUT2D eigenvalue weighted by Crippen LogP contribution is 2.23. The van der Waals surface area contributed by atoms with Crippen molar-refractivity contribution in [2.45, 2.75) is 26.2 Å². The van der Waals surface area contributed by atoms with Gasteiger partial charge in [-0.25, -0.2) is 4.98 Å². The molecule has 0 spiro atoms. The summed E-state index contributed by atoms with van der Waals surface area (Å²) in [7, 11) is 0. The molecule has 1 unspecified atom stereocenters. The van der Waals surface area contributed by atoms with Crippen molar-refractivity contribution < 1.29 is 4.42 Å². The van der Waals surface area contributed by atoms with E-state index in [2.05, 4.69) is 16.0 Å². The largest absolute Gasteiger partial charge is 0.460 e. The van der Waals surface area contributed by atoms with Crippen LogP contribution in [0.1, 0.15) is 30.8 Å². The molecule has 2 aromatic rings. The summed E-state index contributed by atoms with van der Waals surface area (Å²) < 4.78 is 5.48. The van der Waals surface area contributed by atoms with Crippen molar-refractivity contribution in [3.63, 3.8) is 0 Å². The summed E-state index contributed by atoms with van der Waals surface area (Å²) in [5, 5.41) is 8.93. The molecule has 16 heavy (non-hydrogen) atoms. The zero-order valence-corrected chi connectivity index (χ0v) is 9.32. The zero-order valence-electron chi connectivity index (χ0n) is 9.32. The summed E-state index contributed by atoms with van der Waals surface area (Å²) in [4.78, 5) is 7.32. The van der Waals surface area contributed by atoms with Gasteiger partial charge in [-0.05, 0) is 25.5 Å². The quantitative estimate of drug-likeness (QED) is 0.855. The van der Waals surface area contributed by atoms with Gasteiger partial charge in [0.2, 0.25) is 0 Å². The number of imidazole rings is 1. The van der Waals surface area contributed by atoms with Gasteiger partial charge in [0.05, 0.1) is 12.3 Å². The zero-order chi connectivity index (χ0) is 11.5. The third-order valence-corrected chi connectivity index (χ3v) is 2.50. The second-order valence-electron chi connectivity index (χ2n) is 3.68. The summed E-state index contributed by atoms with van der Waals surface area (Å²) in [5.41, 5.74) is 0.816. The van der Waals surface area contributed by atoms with Crippen LogP contribution in [0, 0.1) is 18.3 Å². The number of H-pyrrole nitrogens is 1. The fourth-order valence-corrected chi connectivity index (χ4v) is 1.56. The van der Waals surface area contributed by atoms with E-state index in [0.717, 1.165) is 23.6 Å². The normalized spacial score (nSPS) is 12.3. The number of nitrogens with one attached hydrogen (secondary N) is 1. The van der Waals surface area contributed by atoms with Gasteiger partial charge in [-0.1, -0.05) is 6.92 Å². The Morgan fingerprint density at radius 2 is 2.38 bits per heavy atom. The molecule has 0 aliphatic rings. The van der Waals surface area contributed by atoms with Gasteiger partial charge in [0.25, 0.3) is 0 Å². The molecule has 2 rings (SSSR count). The van der Waals surface area contributed by atoms with Gasteiger partial charge < -0.3 is 9.40 Å². The van der Waals surface area contributed by atoms with Crippen LogP contribution in [0.4, 0.5) is 0 Å². The Labute approximate surface area is 93.9 Å². The van der Waals surface area contributed by atoms with Gasteiger partial charge in [-0.2, -0.15) is 5.26 Å². The Bertz CT molecular complexity index is 518. The minimum atomic E-state index is -0.176. The van der Waals surface area contributed by atoms with Crippen molar-refractivity contribution >= 4 is 0 Å². The van der Waals surface area contributed by atoms with E-state index in [1.54, 1.807) is 6.20 Å². The lowest BCUT2D eigenvalue weighted by atomic mass is 10.1. The standard InChI is InChI=1S/C12H13N3O/c1-3-9(6-13)12-14-7-10(15-12)11-5-4-8(2)16-11/h4-5,7,9H,3H2,1-2H3,(H,14,15). The number of hydrogen-bond donors (Lipinski definition) is 1. The smallest absolute Gasteiger partial charge is 0.152 e. The molecule has 4 nitrogen and oxygen atoms in total. The first-order chi connectivity index (χ1) is 7.74. The van der Waals surface area contributed by atoms with Crippen molar-refractivity contribution in [2.24, 2.45) is 0 Å². The van der Waals surface area contributed by atoms with E-state index >= 15 is 0 Å². The summed E-state index contributed by atoms with van der Waals surface area (Å²) in [6.07, 6.45) is 2.45. The monoisotopic (exact) mass is 215 g/mol. The number of nitrogens with zero attached hydrogens (tertiary/aromatic N) is 2. The molecule has 0 radical (unpaired) electrons. The lowest BCUT2D eigenvalue weighted by Crippen LogP contribution is -1.95. The van der Waals surface area contributed by atoms with Gasteiger partial charge in [-0.15, -0.1) is 0 Å². The number of rotatable bonds is 3. The summed E-state index contributed by atoms with van der Waals surface area (Å²) in [6, 6.07) is 6.00. The van der Waals surface area contributed by atoms with Crippen molar-refractivity contribution in [1.82, 2.24) is 9.97 Å². The van der Waals surface area contributed by atoms with Crippen molar-refractivity contribution in [2.75, 3.05) is 0 Å². The van der Waals surface area contributed by atoms with E-state index in [0.29, 0.717) is 5.82 Å². The second-order valence-corrected chi connectivity index (χ2v) is 3.68. The van der Waals surface area contributed by atoms with Gasteiger partial charge in [0.1, 0.15) is 23.2 Å². The van der Waals surface area contributed by atoms with Crippen LogP contribution in [0.2, 0.25) is 0 Å². The van der Waals surface area contributed by atoms with E-state index in [4.69, 9.17) is 9.68 Å². The Kier molecular flexibility index (Phi) is 2.78. The molecular formula is C12H13N3O. The molecule has 0 fully saturated rings. The molecule has 0 amide bonds. The van der Waals surface area contributed by atoms with Crippen LogP contribution in [0.5, 0.6) is 0 Å². The molecule has 0 saturated carbocycles. The van der Waals surface area contributed by atoms with Crippen LogP contribution >= 0.6 is 0 Å². The molecule has 0 aliphatic carbocycles. The van der Waals surface area contributed by atoms with Gasteiger partial charge in [0, 0.05) is 0 Å². The fraction of sp³-hybridized carbons (Fsp3) is 0.333. The molecule has 0 aromatic carbocycles. The highest BCUT2D eigenvalue weighted by molar-refractivity contribution is 5.51. The molecule has 2 heterocycles. The van der Waals surface area contributed by atoms with Crippen LogP contribution < -0.4 is 0 Å². The molecule has 1 N–H and O–H groups in total. The number of aromatic nitrogens is 2. The molecular weight excluding hydrogens is 202 g/mol. The maximum atomic E-state index is 8.93. The number of aryl methyl sites for hydroxylation is 1. The van der Waals surface area contributed by atoms with Gasteiger partial charge in [-0.3, -0.25) is 0 Å². The van der Waals surface area contributed by atoms with Crippen molar-refractivity contribution in [3.8, 4) is 17.5 Å². The minimum Gasteiger partial charge on any atom is -0.460 e. The maximum absolute atomic E-state index is 8.93. The highest BCUT2D eigenvalue weighted by Gasteiger charge is 2.13. The van der Waals surface area contributed by atoms with Crippen LogP contribution in [0.15, 0.2) is 22.7 Å². The third kappa shape index (κ3) is 1.84. The maximum Gasteiger partial charge on any atom is 0.152 e. The van der Waals surface area contributed by atoms with E-state index in [1.807, 2.05) is 26.0 Å². The second kappa shape index (κ2) is 4.23. The topological polar surface area (TPSA) is 65.6 Å². The number of furan rings is 1. The van der Waals surface area contributed by atoms with E-state index < -0.39 is 0 Å². The minimum absolute atomic E-state index is 0.176. The summed E-state index contributed by atoms with van der Waals surface area (Å²) >= 11 is 0. The average molecular weight is 215 g/mol. The molecule has 1 atom stereocenters. The first-order valence-electron chi connectivity index (χ1n) is 5.26. The van der Waals surface area contributed by atoms with E-state index in [9.17, 15) is 0 Å². The van der Waals surface area contributed by atoms with E-state index in [-0.39, 0.29) is 5.92 Å². The Hall–Kier alpha value is -2.02. The molecule has 82 valence electrons. The van der Waals surface area contributed by atoms with E-state index in [1.165, 1.54) is 0 Å². The summed E-state index contributed by atoms with van der Waals surface area (Å²) in [6.45, 7) is 3.86. The van der Waals surface area contributed by atoms with Crippen LogP contribution in [0.25, 0.3) is 11.5 Å². The molecule has 2 aromatic heterocycles. The average Bonchev–Trinajstić information content (AvgIpc) is 2.89. The highest BCUT2D eigenvalue weighted by atomic mass is 16.3. The first-order valence-corrected chi connectivity index (χ1v) is 5.26. The number of hydrogen-bond acceptors (Lipinski definition) is 3. The number of aromatic amines is 1. The lowest BCUT2D eigenvalue weighted by Gasteiger charge is -1.99. The Balaban J connectivity index is 2.30. The number of nitriles is 1. The van der Waals surface area contributed by atoms with Crippen molar-refractivity contribution in [3.05, 3.63) is 29.9 Å². The SMILES string of the molecule is CCC(C#N)c1ncc(-c2ccc(C)o2)[nH]1. The molecule has 0 aliphatic heterocycles. The predicted molar refractivity (Wildman–Crippen MR) is 59.7 cm³/mol. The Morgan fingerprint density at radius 3 is 2.94 bits per heavy atom. The first kappa shape index (κ1) is 10.5.